The van der Waals surface area contributed by atoms with Gasteiger partial charge >= 0.3 is 0 Å². The number of nitrogens with one attached hydrogen (secondary N) is 1. The molecule has 3 aromatic rings. The number of ether oxygens (including phenoxy) is 1. The average molecular weight is 369 g/mol. The van der Waals surface area contributed by atoms with Gasteiger partial charge in [-0.2, -0.15) is 10.1 Å². The van der Waals surface area contributed by atoms with E-state index in [2.05, 4.69) is 20.3 Å². The molecule has 8 nitrogen and oxygen atoms in total. The molecule has 1 aliphatic rings. The molecule has 0 radical (unpaired) electrons. The Hall–Kier alpha value is -2.74. The Morgan fingerprint density at radius 2 is 2.30 bits per heavy atom. The van der Waals surface area contributed by atoms with Crippen LogP contribution in [0.5, 0.6) is 0 Å². The monoisotopic (exact) mass is 369 g/mol. The van der Waals surface area contributed by atoms with Crippen LogP contribution >= 0.6 is 0 Å². The van der Waals surface area contributed by atoms with Crippen LogP contribution in [0.4, 0.5) is 0 Å². The zero-order valence-electron chi connectivity index (χ0n) is 15.4. The van der Waals surface area contributed by atoms with Gasteiger partial charge < -0.3 is 14.2 Å². The molecule has 142 valence electrons. The summed E-state index contributed by atoms with van der Waals surface area (Å²) in [6.45, 7) is 1.93. The Morgan fingerprint density at radius 3 is 3.19 bits per heavy atom. The first-order valence-electron chi connectivity index (χ1n) is 9.26. The van der Waals surface area contributed by atoms with Gasteiger partial charge in [0.1, 0.15) is 0 Å². The second kappa shape index (κ2) is 7.87. The normalized spacial score (nSPS) is 17.5. The van der Waals surface area contributed by atoms with E-state index < -0.39 is 0 Å². The number of piperidine rings is 1. The lowest BCUT2D eigenvalue weighted by Gasteiger charge is -2.31. The van der Waals surface area contributed by atoms with Gasteiger partial charge in [-0.3, -0.25) is 9.89 Å². The van der Waals surface area contributed by atoms with E-state index in [1.807, 2.05) is 29.2 Å². The molecule has 1 amide bonds. The van der Waals surface area contributed by atoms with Crippen molar-refractivity contribution in [1.82, 2.24) is 25.2 Å². The Kier molecular flexibility index (Phi) is 5.15. The fourth-order valence-electron chi connectivity index (χ4n) is 3.55. The van der Waals surface area contributed by atoms with E-state index >= 15 is 0 Å². The number of H-pyrrole nitrogens is 1. The van der Waals surface area contributed by atoms with Crippen molar-refractivity contribution < 1.29 is 14.1 Å². The molecular formula is C19H23N5O3. The fraction of sp³-hybridized carbons (Fsp3) is 0.474. The van der Waals surface area contributed by atoms with Gasteiger partial charge in [0.15, 0.2) is 5.82 Å². The number of fused-ring (bicyclic) bond motifs is 1. The molecule has 1 atom stereocenters. The van der Waals surface area contributed by atoms with Crippen LogP contribution in [0.1, 0.15) is 36.2 Å². The van der Waals surface area contributed by atoms with E-state index in [0.717, 1.165) is 36.0 Å². The fourth-order valence-corrected chi connectivity index (χ4v) is 3.55. The molecule has 0 saturated carbocycles. The van der Waals surface area contributed by atoms with Gasteiger partial charge in [-0.15, -0.1) is 0 Å². The Balaban J connectivity index is 1.41. The van der Waals surface area contributed by atoms with Crippen LogP contribution in [0.3, 0.4) is 0 Å². The number of benzene rings is 1. The topological polar surface area (TPSA) is 97.1 Å². The molecule has 3 heterocycles. The van der Waals surface area contributed by atoms with E-state index in [0.29, 0.717) is 37.7 Å². The molecular weight excluding hydrogens is 346 g/mol. The van der Waals surface area contributed by atoms with Gasteiger partial charge in [0.25, 0.3) is 0 Å². The molecule has 1 aliphatic heterocycles. The van der Waals surface area contributed by atoms with Crippen molar-refractivity contribution in [1.29, 1.82) is 0 Å². The van der Waals surface area contributed by atoms with Crippen LogP contribution in [-0.4, -0.2) is 58.0 Å². The Labute approximate surface area is 156 Å². The standard InChI is InChI=1S/C19H23N5O3/c1-26-10-8-17-20-19(27-23-17)13-5-4-9-24(12-13)18(25)11-16-14-6-2-3-7-15(14)21-22-16/h2-3,6-7,13H,4-5,8-12H2,1H3,(H,21,22)/t13-/m0/s1. The van der Waals surface area contributed by atoms with Crippen LogP contribution < -0.4 is 0 Å². The van der Waals surface area contributed by atoms with E-state index in [1.165, 1.54) is 0 Å². The number of hydrogen-bond donors (Lipinski definition) is 1. The maximum absolute atomic E-state index is 12.8. The molecule has 0 aliphatic carbocycles. The number of amides is 1. The predicted octanol–water partition coefficient (Wildman–Crippen LogP) is 2.08. The number of likely N-dealkylation sites (tertiary alicyclic amines) is 1. The molecule has 1 fully saturated rings. The van der Waals surface area contributed by atoms with Crippen molar-refractivity contribution >= 4 is 16.8 Å². The van der Waals surface area contributed by atoms with Crippen molar-refractivity contribution in [2.75, 3.05) is 26.8 Å². The van der Waals surface area contributed by atoms with Crippen LogP contribution in [0.25, 0.3) is 10.9 Å². The van der Waals surface area contributed by atoms with Crippen molar-refractivity contribution in [3.8, 4) is 0 Å². The van der Waals surface area contributed by atoms with Crippen LogP contribution in [0.15, 0.2) is 28.8 Å². The Bertz CT molecular complexity index is 919. The maximum Gasteiger partial charge on any atom is 0.231 e. The zero-order valence-corrected chi connectivity index (χ0v) is 15.4. The van der Waals surface area contributed by atoms with Gasteiger partial charge in [-0.1, -0.05) is 23.4 Å². The summed E-state index contributed by atoms with van der Waals surface area (Å²) >= 11 is 0. The summed E-state index contributed by atoms with van der Waals surface area (Å²) in [7, 11) is 1.65. The predicted molar refractivity (Wildman–Crippen MR) is 98.2 cm³/mol. The van der Waals surface area contributed by atoms with Crippen molar-refractivity contribution in [2.45, 2.75) is 31.6 Å². The molecule has 1 N–H and O–H groups in total. The van der Waals surface area contributed by atoms with E-state index in [9.17, 15) is 4.79 Å². The van der Waals surface area contributed by atoms with Crippen molar-refractivity contribution in [3.05, 3.63) is 41.7 Å². The summed E-state index contributed by atoms with van der Waals surface area (Å²) in [5, 5.41) is 12.3. The minimum absolute atomic E-state index is 0.0880. The number of carbonyl (C=O) groups is 1. The highest BCUT2D eigenvalue weighted by molar-refractivity contribution is 5.87. The third-order valence-corrected chi connectivity index (χ3v) is 5.01. The molecule has 0 unspecified atom stereocenters. The number of aromatic amines is 1. The number of hydrogen-bond acceptors (Lipinski definition) is 6. The average Bonchev–Trinajstić information content (AvgIpc) is 3.34. The van der Waals surface area contributed by atoms with Gasteiger partial charge in [0.2, 0.25) is 11.8 Å². The maximum atomic E-state index is 12.8. The second-order valence-electron chi connectivity index (χ2n) is 6.87. The summed E-state index contributed by atoms with van der Waals surface area (Å²) in [6, 6.07) is 7.82. The molecule has 2 aromatic heterocycles. The smallest absolute Gasteiger partial charge is 0.231 e. The number of methoxy groups -OCH3 is 1. The summed E-state index contributed by atoms with van der Waals surface area (Å²) in [6.07, 6.45) is 2.82. The van der Waals surface area contributed by atoms with Crippen molar-refractivity contribution in [3.63, 3.8) is 0 Å². The number of nitrogens with zero attached hydrogens (tertiary/aromatic N) is 4. The summed E-state index contributed by atoms with van der Waals surface area (Å²) in [5.41, 5.74) is 1.74. The lowest BCUT2D eigenvalue weighted by molar-refractivity contribution is -0.131. The highest BCUT2D eigenvalue weighted by Crippen LogP contribution is 2.26. The van der Waals surface area contributed by atoms with Gasteiger partial charge in [0, 0.05) is 32.0 Å². The molecule has 27 heavy (non-hydrogen) atoms. The van der Waals surface area contributed by atoms with Gasteiger partial charge in [-0.05, 0) is 18.9 Å². The minimum atomic E-state index is 0.0880. The highest BCUT2D eigenvalue weighted by Gasteiger charge is 2.29. The number of aromatic nitrogens is 4. The summed E-state index contributed by atoms with van der Waals surface area (Å²) in [5.74, 6) is 1.45. The molecule has 0 spiro atoms. The quantitative estimate of drug-likeness (QED) is 0.714. The molecule has 8 heteroatoms. The van der Waals surface area contributed by atoms with E-state index in [-0.39, 0.29) is 11.8 Å². The second-order valence-corrected chi connectivity index (χ2v) is 6.87. The largest absolute Gasteiger partial charge is 0.384 e. The third-order valence-electron chi connectivity index (χ3n) is 5.01. The SMILES string of the molecule is COCCc1noc([C@H]2CCCN(C(=O)Cc3[nH]nc4ccccc34)C2)n1. The Morgan fingerprint density at radius 1 is 1.41 bits per heavy atom. The first kappa shape index (κ1) is 17.7. The van der Waals surface area contributed by atoms with Crippen LogP contribution in [0.2, 0.25) is 0 Å². The molecule has 1 aromatic carbocycles. The van der Waals surface area contributed by atoms with E-state index in [4.69, 9.17) is 9.26 Å². The number of para-hydroxylation sites is 1. The lowest BCUT2D eigenvalue weighted by atomic mass is 9.97. The first-order valence-corrected chi connectivity index (χ1v) is 9.26. The molecule has 4 rings (SSSR count). The van der Waals surface area contributed by atoms with E-state index in [1.54, 1.807) is 7.11 Å². The summed E-state index contributed by atoms with van der Waals surface area (Å²) in [4.78, 5) is 19.2. The first-order chi connectivity index (χ1) is 13.2. The lowest BCUT2D eigenvalue weighted by Crippen LogP contribution is -2.40. The van der Waals surface area contributed by atoms with Crippen LogP contribution in [0, 0.1) is 0 Å². The minimum Gasteiger partial charge on any atom is -0.384 e. The number of rotatable bonds is 6. The zero-order chi connectivity index (χ0) is 18.6. The third kappa shape index (κ3) is 3.85. The number of carbonyl (C=O) groups excluding carboxylic acids is 1. The van der Waals surface area contributed by atoms with Crippen LogP contribution in [-0.2, 0) is 22.4 Å². The summed E-state index contributed by atoms with van der Waals surface area (Å²) < 4.78 is 10.5. The molecule has 1 saturated heterocycles. The van der Waals surface area contributed by atoms with Gasteiger partial charge in [0.05, 0.1) is 30.2 Å². The van der Waals surface area contributed by atoms with Gasteiger partial charge in [-0.25, -0.2) is 0 Å². The van der Waals surface area contributed by atoms with Crippen molar-refractivity contribution in [2.24, 2.45) is 0 Å². The molecule has 0 bridgehead atoms. The highest BCUT2D eigenvalue weighted by atomic mass is 16.5.